The molecule has 6 heteroatoms. The Morgan fingerprint density at radius 1 is 1.50 bits per heavy atom. The van der Waals surface area contributed by atoms with Gasteiger partial charge in [-0.05, 0) is 11.6 Å². The van der Waals surface area contributed by atoms with E-state index in [1.165, 1.54) is 5.56 Å². The molecule has 1 aliphatic heterocycles. The molecule has 0 aliphatic carbocycles. The van der Waals surface area contributed by atoms with Crippen molar-refractivity contribution in [1.29, 1.82) is 0 Å². The van der Waals surface area contributed by atoms with Gasteiger partial charge in [-0.2, -0.15) is 5.10 Å². The van der Waals surface area contributed by atoms with Crippen LogP contribution in [0.5, 0.6) is 5.75 Å². The van der Waals surface area contributed by atoms with Crippen LogP contribution in [0.3, 0.4) is 0 Å². The third-order valence-corrected chi connectivity index (χ3v) is 3.72. The highest BCUT2D eigenvalue weighted by Gasteiger charge is 2.23. The first-order chi connectivity index (χ1) is 10.6. The zero-order chi connectivity index (χ0) is 15.5. The maximum absolute atomic E-state index is 12.1. The number of urea groups is 1. The molecule has 1 aromatic heterocycles. The van der Waals surface area contributed by atoms with Gasteiger partial charge in [0.05, 0.1) is 19.3 Å². The van der Waals surface area contributed by atoms with Crippen LogP contribution in [-0.4, -0.2) is 40.4 Å². The van der Waals surface area contributed by atoms with Crippen molar-refractivity contribution in [3.8, 4) is 5.75 Å². The lowest BCUT2D eigenvalue weighted by molar-refractivity contribution is 0.191. The second-order valence-electron chi connectivity index (χ2n) is 5.62. The minimum absolute atomic E-state index is 0.00754. The number of hydrogen-bond donors (Lipinski definition) is 1. The average Bonchev–Trinajstić information content (AvgIpc) is 3.10. The Morgan fingerprint density at radius 2 is 2.32 bits per heavy atom. The fourth-order valence-corrected chi connectivity index (χ4v) is 2.60. The van der Waals surface area contributed by atoms with E-state index < -0.39 is 0 Å². The van der Waals surface area contributed by atoms with Crippen LogP contribution in [0.1, 0.15) is 11.1 Å². The van der Waals surface area contributed by atoms with Crippen LogP contribution in [0.25, 0.3) is 0 Å². The van der Waals surface area contributed by atoms with Crippen LogP contribution in [-0.2, 0) is 20.0 Å². The smallest absolute Gasteiger partial charge is 0.317 e. The number of carbonyl (C=O) groups excluding carboxylic acids is 1. The summed E-state index contributed by atoms with van der Waals surface area (Å²) in [6.07, 6.45) is 4.51. The quantitative estimate of drug-likeness (QED) is 0.932. The number of amides is 2. The van der Waals surface area contributed by atoms with Crippen LogP contribution in [0.2, 0.25) is 0 Å². The lowest BCUT2D eigenvalue weighted by Gasteiger charge is -2.19. The number of nitrogens with one attached hydrogen (secondary N) is 1. The number of benzene rings is 1. The summed E-state index contributed by atoms with van der Waals surface area (Å²) >= 11 is 0. The number of rotatable bonds is 4. The normalized spacial score (nSPS) is 16.0. The Hall–Kier alpha value is -2.50. The van der Waals surface area contributed by atoms with Gasteiger partial charge in [-0.25, -0.2) is 4.79 Å². The molecule has 1 aliphatic rings. The van der Waals surface area contributed by atoms with Crippen molar-refractivity contribution in [2.45, 2.75) is 19.1 Å². The van der Waals surface area contributed by atoms with Crippen LogP contribution in [0, 0.1) is 0 Å². The standard InChI is InChI=1S/C16H20N4O2/c1-19(10-12-8-18-20(2)11-12)16(21)17-9-14-7-13-5-3-4-6-15(13)22-14/h3-6,8,11,14H,7,9-10H2,1-2H3,(H,17,21)/t14-/m0/s1. The van der Waals surface area contributed by atoms with Crippen molar-refractivity contribution < 1.29 is 9.53 Å². The average molecular weight is 300 g/mol. The zero-order valence-corrected chi connectivity index (χ0v) is 12.8. The van der Waals surface area contributed by atoms with E-state index >= 15 is 0 Å². The van der Waals surface area contributed by atoms with Gasteiger partial charge in [0.2, 0.25) is 0 Å². The molecule has 0 saturated carbocycles. The molecular weight excluding hydrogens is 280 g/mol. The van der Waals surface area contributed by atoms with Crippen molar-refractivity contribution in [3.63, 3.8) is 0 Å². The summed E-state index contributed by atoms with van der Waals surface area (Å²) in [6, 6.07) is 7.88. The van der Waals surface area contributed by atoms with Gasteiger partial charge in [-0.15, -0.1) is 0 Å². The number of hydrogen-bond acceptors (Lipinski definition) is 3. The Morgan fingerprint density at radius 3 is 3.05 bits per heavy atom. The third-order valence-electron chi connectivity index (χ3n) is 3.72. The SMILES string of the molecule is CN(Cc1cnn(C)c1)C(=O)NC[C@@H]1Cc2ccccc2O1. The summed E-state index contributed by atoms with van der Waals surface area (Å²) < 4.78 is 7.54. The minimum Gasteiger partial charge on any atom is -0.488 e. The Balaban J connectivity index is 1.47. The summed E-state index contributed by atoms with van der Waals surface area (Å²) in [5, 5.41) is 7.02. The molecule has 22 heavy (non-hydrogen) atoms. The van der Waals surface area contributed by atoms with Crippen LogP contribution < -0.4 is 10.1 Å². The number of fused-ring (bicyclic) bond motifs is 1. The number of aromatic nitrogens is 2. The Labute approximate surface area is 129 Å². The van der Waals surface area contributed by atoms with Crippen molar-refractivity contribution >= 4 is 6.03 Å². The van der Waals surface area contributed by atoms with E-state index in [-0.39, 0.29) is 12.1 Å². The first kappa shape index (κ1) is 14.4. The maximum Gasteiger partial charge on any atom is 0.317 e. The van der Waals surface area contributed by atoms with Crippen molar-refractivity contribution in [2.75, 3.05) is 13.6 Å². The maximum atomic E-state index is 12.1. The molecule has 2 aromatic rings. The van der Waals surface area contributed by atoms with Crippen LogP contribution in [0.15, 0.2) is 36.7 Å². The number of ether oxygens (including phenoxy) is 1. The van der Waals surface area contributed by atoms with E-state index in [2.05, 4.69) is 16.5 Å². The van der Waals surface area contributed by atoms with Crippen molar-refractivity contribution in [1.82, 2.24) is 20.0 Å². The molecule has 1 N–H and O–H groups in total. The van der Waals surface area contributed by atoms with Gasteiger partial charge in [0.1, 0.15) is 11.9 Å². The summed E-state index contributed by atoms with van der Waals surface area (Å²) in [7, 11) is 3.63. The summed E-state index contributed by atoms with van der Waals surface area (Å²) in [5.74, 6) is 0.922. The number of carbonyl (C=O) groups is 1. The molecule has 2 heterocycles. The summed E-state index contributed by atoms with van der Waals surface area (Å²) in [4.78, 5) is 13.8. The molecule has 3 rings (SSSR count). The van der Waals surface area contributed by atoms with Gasteiger partial charge in [0, 0.05) is 32.3 Å². The van der Waals surface area contributed by atoms with E-state index in [0.29, 0.717) is 13.1 Å². The summed E-state index contributed by atoms with van der Waals surface area (Å²) in [5.41, 5.74) is 2.20. The van der Waals surface area contributed by atoms with Gasteiger partial charge in [-0.3, -0.25) is 4.68 Å². The fraction of sp³-hybridized carbons (Fsp3) is 0.375. The van der Waals surface area contributed by atoms with Gasteiger partial charge < -0.3 is 15.0 Å². The Bertz CT molecular complexity index is 643. The molecular formula is C16H20N4O2. The molecule has 0 unspecified atom stereocenters. The fourth-order valence-electron chi connectivity index (χ4n) is 2.60. The molecule has 0 bridgehead atoms. The minimum atomic E-state index is -0.108. The topological polar surface area (TPSA) is 59.4 Å². The lowest BCUT2D eigenvalue weighted by atomic mass is 10.1. The molecule has 1 atom stereocenters. The predicted octanol–water partition coefficient (Wildman–Crippen LogP) is 1.57. The monoisotopic (exact) mass is 300 g/mol. The Kier molecular flexibility index (Phi) is 4.00. The molecule has 0 spiro atoms. The largest absolute Gasteiger partial charge is 0.488 e. The molecule has 6 nitrogen and oxygen atoms in total. The summed E-state index contributed by atoms with van der Waals surface area (Å²) in [6.45, 7) is 1.04. The van der Waals surface area contributed by atoms with Gasteiger partial charge in [-0.1, -0.05) is 18.2 Å². The highest BCUT2D eigenvalue weighted by molar-refractivity contribution is 5.73. The van der Waals surface area contributed by atoms with Crippen LogP contribution in [0.4, 0.5) is 4.79 Å². The second-order valence-corrected chi connectivity index (χ2v) is 5.62. The van der Waals surface area contributed by atoms with E-state index in [4.69, 9.17) is 4.74 Å². The molecule has 0 saturated heterocycles. The van der Waals surface area contributed by atoms with Crippen molar-refractivity contribution in [3.05, 3.63) is 47.8 Å². The van der Waals surface area contributed by atoms with E-state index in [9.17, 15) is 4.79 Å². The molecule has 0 radical (unpaired) electrons. The van der Waals surface area contributed by atoms with Crippen molar-refractivity contribution in [2.24, 2.45) is 7.05 Å². The van der Waals surface area contributed by atoms with E-state index in [1.807, 2.05) is 31.4 Å². The molecule has 116 valence electrons. The lowest BCUT2D eigenvalue weighted by Crippen LogP contribution is -2.41. The van der Waals surface area contributed by atoms with E-state index in [0.717, 1.165) is 17.7 Å². The molecule has 0 fully saturated rings. The number of para-hydroxylation sites is 1. The second kappa shape index (κ2) is 6.09. The highest BCUT2D eigenvalue weighted by Crippen LogP contribution is 2.27. The first-order valence-corrected chi connectivity index (χ1v) is 7.33. The number of aryl methyl sites for hydroxylation is 1. The van der Waals surface area contributed by atoms with Gasteiger partial charge >= 0.3 is 6.03 Å². The first-order valence-electron chi connectivity index (χ1n) is 7.33. The number of nitrogens with zero attached hydrogens (tertiary/aromatic N) is 3. The predicted molar refractivity (Wildman–Crippen MR) is 82.6 cm³/mol. The third kappa shape index (κ3) is 3.21. The molecule has 2 amide bonds. The van der Waals surface area contributed by atoms with Gasteiger partial charge in [0.25, 0.3) is 0 Å². The highest BCUT2D eigenvalue weighted by atomic mass is 16.5. The van der Waals surface area contributed by atoms with Gasteiger partial charge in [0.15, 0.2) is 0 Å². The zero-order valence-electron chi connectivity index (χ0n) is 12.8. The van der Waals surface area contributed by atoms with Crippen LogP contribution >= 0.6 is 0 Å². The molecule has 1 aromatic carbocycles. The van der Waals surface area contributed by atoms with E-state index in [1.54, 1.807) is 22.8 Å².